The van der Waals surface area contributed by atoms with Crippen molar-refractivity contribution in [3.05, 3.63) is 249 Å². The number of fused-ring (bicyclic) bond motifs is 4. The molecule has 0 radical (unpaired) electrons. The van der Waals surface area contributed by atoms with Crippen LogP contribution in [0.4, 0.5) is 27.8 Å². The van der Waals surface area contributed by atoms with E-state index in [1.807, 2.05) is 64.4 Å². The number of carbonyl (C=O) groups excluding carboxylic acids is 4. The first-order valence-electron chi connectivity index (χ1n) is 37.4. The van der Waals surface area contributed by atoms with Gasteiger partial charge in [0.05, 0.1) is 193 Å². The van der Waals surface area contributed by atoms with Gasteiger partial charge in [-0.2, -0.15) is 36.2 Å². The number of pyridine rings is 4. The van der Waals surface area contributed by atoms with Crippen LogP contribution in [0, 0.1) is 63.1 Å². The summed E-state index contributed by atoms with van der Waals surface area (Å²) in [6.45, 7) is 14.7. The van der Waals surface area contributed by atoms with E-state index in [9.17, 15) is 56.9 Å². The average molecular weight is 1580 g/mol. The van der Waals surface area contributed by atoms with E-state index in [0.29, 0.717) is 103 Å². The van der Waals surface area contributed by atoms with Gasteiger partial charge in [-0.15, -0.1) is 0 Å². The van der Waals surface area contributed by atoms with E-state index in [2.05, 4.69) is 71.3 Å². The highest BCUT2D eigenvalue weighted by Gasteiger charge is 2.36. The first kappa shape index (κ1) is 76.5. The molecule has 117 heavy (non-hydrogen) atoms. The predicted molar refractivity (Wildman–Crippen MR) is 414 cm³/mol. The van der Waals surface area contributed by atoms with Gasteiger partial charge in [-0.05, 0) is 125 Å². The number of rotatable bonds is 12. The maximum Gasteiger partial charge on any atom is 0.255 e. The van der Waals surface area contributed by atoms with Gasteiger partial charge in [-0.3, -0.25) is 28.8 Å². The topological polar surface area (TPSA) is 348 Å². The number of nitrogens with zero attached hydrogens (tertiary/aromatic N) is 18. The third kappa shape index (κ3) is 15.0. The molecule has 0 unspecified atom stereocenters. The zero-order valence-electron chi connectivity index (χ0n) is 63.2. The molecule has 0 aliphatic carbocycles. The predicted octanol–water partition coefficient (Wildman–Crippen LogP) is 11.1. The lowest BCUT2D eigenvalue weighted by Crippen LogP contribution is -2.49. The van der Waals surface area contributed by atoms with E-state index in [4.69, 9.17) is 14.6 Å². The van der Waals surface area contributed by atoms with Crippen LogP contribution in [0.5, 0.6) is 0 Å². The molecule has 2 saturated heterocycles. The highest BCUT2D eigenvalue weighted by Crippen LogP contribution is 2.39. The first-order valence-corrected chi connectivity index (χ1v) is 37.4. The van der Waals surface area contributed by atoms with Crippen LogP contribution in [-0.2, 0) is 35.7 Å². The number of carbonyl (C=O) groups is 4. The molecule has 0 spiro atoms. The molecule has 15 heterocycles. The number of hydrogen-bond acceptors (Lipinski definition) is 20. The molecule has 4 aromatic carbocycles. The summed E-state index contributed by atoms with van der Waals surface area (Å²) in [6.07, 6.45) is 12.4. The number of aliphatic imine (C=N–C) groups is 1. The second-order valence-electron chi connectivity index (χ2n) is 29.0. The number of ether oxygens (including phenoxy) is 2. The number of morpholine rings is 1. The normalized spacial score (nSPS) is 15.6. The molecule has 0 atom stereocenters. The van der Waals surface area contributed by atoms with Gasteiger partial charge in [0, 0.05) is 86.4 Å². The molecule has 4 N–H and O–H groups in total. The third-order valence-corrected chi connectivity index (χ3v) is 20.7. The van der Waals surface area contributed by atoms with E-state index < -0.39 is 29.1 Å². The molecule has 2 fully saturated rings. The van der Waals surface area contributed by atoms with Crippen LogP contribution in [0.1, 0.15) is 133 Å². The Labute approximate surface area is 664 Å². The van der Waals surface area contributed by atoms with Gasteiger partial charge in [-0.1, -0.05) is 24.3 Å². The van der Waals surface area contributed by atoms with E-state index >= 15 is 0 Å². The van der Waals surface area contributed by atoms with Crippen LogP contribution in [-0.4, -0.2) is 151 Å². The van der Waals surface area contributed by atoms with Crippen molar-refractivity contribution in [2.75, 3.05) is 50.9 Å². The number of halogens is 5. The quantitative estimate of drug-likeness (QED) is 0.0826. The number of anilines is 1. The number of nitriles is 3. The summed E-state index contributed by atoms with van der Waals surface area (Å²) < 4.78 is 89.6. The molecule has 28 nitrogen and oxygen atoms in total. The van der Waals surface area contributed by atoms with Crippen molar-refractivity contribution in [2.45, 2.75) is 84.3 Å². The number of piperidine rings is 1. The minimum Gasteiger partial charge on any atom is -0.474 e. The lowest BCUT2D eigenvalue weighted by Gasteiger charge is -2.40. The summed E-state index contributed by atoms with van der Waals surface area (Å²) in [5.41, 5.74) is 8.26. The number of aromatic nitrogens is 12. The van der Waals surface area contributed by atoms with Crippen molar-refractivity contribution < 1.29 is 50.6 Å². The lowest BCUT2D eigenvalue weighted by molar-refractivity contribution is 0.0114. The van der Waals surface area contributed by atoms with Crippen LogP contribution >= 0.6 is 0 Å². The van der Waals surface area contributed by atoms with Crippen LogP contribution in [0.2, 0.25) is 0 Å². The Balaban J connectivity index is 0.000000118. The molecule has 8 aromatic heterocycles. The van der Waals surface area contributed by atoms with Crippen molar-refractivity contribution in [1.29, 1.82) is 15.8 Å². The summed E-state index contributed by atoms with van der Waals surface area (Å²) >= 11 is 0. The monoisotopic (exact) mass is 1580 g/mol. The van der Waals surface area contributed by atoms with Crippen LogP contribution < -0.4 is 26.2 Å². The number of nitrogens with one attached hydrogen (secondary N) is 4. The molecule has 19 rings (SSSR count). The fourth-order valence-corrected chi connectivity index (χ4v) is 15.0. The molecule has 7 aliphatic rings. The Hall–Kier alpha value is -14.5. The summed E-state index contributed by atoms with van der Waals surface area (Å²) in [7, 11) is 0. The highest BCUT2D eigenvalue weighted by atomic mass is 19.1. The number of benzene rings is 4. The van der Waals surface area contributed by atoms with Crippen LogP contribution in [0.3, 0.4) is 0 Å². The Bertz CT molecular complexity index is 6160. The molecule has 33 heteroatoms. The maximum absolute atomic E-state index is 14.8. The third-order valence-electron chi connectivity index (χ3n) is 20.7. The fourth-order valence-electron chi connectivity index (χ4n) is 15.0. The minimum atomic E-state index is -0.707. The highest BCUT2D eigenvalue weighted by molar-refractivity contribution is 6.06. The average Bonchev–Trinajstić information content (AvgIpc) is 1.55. The molecule has 0 saturated carbocycles. The Morgan fingerprint density at radius 2 is 0.940 bits per heavy atom. The maximum atomic E-state index is 14.8. The standard InChI is InChI=1S/C26H26FN7O2.C22H17FN6O2.C20H16FN5O.C16H10F2N4O/c27-19-3-1-2-17(15-28)24(19)20-14-22(25-21(30-20)16-29-26(25)35)34-9-6-23(31-34)33-7-4-18(5-8-33)32-10-12-36-13-11-32;1-22(2)11-31-21(27-22)14-6-7-29(28-14)17-8-15(26-16-10-25-20(30)19(16)17)18-12(9-24)4-3-5-13(18)23;1-11(2)26-10-13(8-24-26)14-6-16(25-17-9-23-20(27)19(14)17)18-12(7-22)4-3-5-15(18)21;17-9-3-1-4-10(18)14(9)11-7-13(22-6-2-5-20-22)15-12(21-11)8-19-16(15)23/h1-3,6,9,14,18H,4-5,7-8,10-13,16H2,(H,29,35);3-8H,10-11H2,1-2H3,(H,25,30);3-6,8,10-11H,9H2,1-2H3,(H,23,27);1-7H,8H2,(H,19,23). The SMILES string of the molecule is CC(C)n1cc(-c2cc(-c3c(F)cccc3C#N)nc3c2C(=O)NC3)cn1.CC1(C)COC(c2ccn(-c3cc(-c4c(F)cccc4C#N)nc4c3C(=O)NC4)n2)=N1.N#Cc1cccc(F)c1-c1cc(-n2ccc(N3CCC(N4CCOCC4)CC3)n2)c2c(n1)CNC2=O.O=C1NCc2nc(-c3c(F)cccc3F)cc(-n3cccn3)c21. The summed E-state index contributed by atoms with van der Waals surface area (Å²) in [5, 5.41) is 57.1. The van der Waals surface area contributed by atoms with E-state index in [0.717, 1.165) is 63.6 Å². The van der Waals surface area contributed by atoms with Gasteiger partial charge in [0.25, 0.3) is 23.6 Å². The smallest absolute Gasteiger partial charge is 0.255 e. The second kappa shape index (κ2) is 31.8. The molecular weight excluding hydrogens is 1510 g/mol. The Morgan fingerprint density at radius 1 is 0.496 bits per heavy atom. The number of hydrogen-bond donors (Lipinski definition) is 4. The van der Waals surface area contributed by atoms with E-state index in [1.165, 1.54) is 76.1 Å². The molecule has 4 amide bonds. The van der Waals surface area contributed by atoms with Crippen LogP contribution in [0.25, 0.3) is 73.2 Å². The van der Waals surface area contributed by atoms with Gasteiger partial charge in [0.2, 0.25) is 5.90 Å². The van der Waals surface area contributed by atoms with E-state index in [-0.39, 0.29) is 112 Å². The zero-order chi connectivity index (χ0) is 81.5. The molecule has 7 aliphatic heterocycles. The van der Waals surface area contributed by atoms with Crippen molar-refractivity contribution in [1.82, 2.24) is 85.2 Å². The van der Waals surface area contributed by atoms with E-state index in [1.54, 1.807) is 76.6 Å². The van der Waals surface area contributed by atoms with Crippen molar-refractivity contribution >= 4 is 35.3 Å². The largest absolute Gasteiger partial charge is 0.474 e. The van der Waals surface area contributed by atoms with Gasteiger partial charge >= 0.3 is 0 Å². The molecule has 586 valence electrons. The van der Waals surface area contributed by atoms with Gasteiger partial charge in [-0.25, -0.2) is 60.9 Å². The Kier molecular flexibility index (Phi) is 20.8. The molecular formula is C84H69F5N22O6. The van der Waals surface area contributed by atoms with Crippen molar-refractivity contribution in [2.24, 2.45) is 4.99 Å². The van der Waals surface area contributed by atoms with Crippen molar-refractivity contribution in [3.8, 4) is 91.4 Å². The van der Waals surface area contributed by atoms with Gasteiger partial charge < -0.3 is 35.6 Å². The summed E-state index contributed by atoms with van der Waals surface area (Å²) in [4.78, 5) is 76.5. The van der Waals surface area contributed by atoms with Gasteiger partial charge in [0.1, 0.15) is 41.4 Å². The minimum absolute atomic E-state index is 0.0889. The summed E-state index contributed by atoms with van der Waals surface area (Å²) in [5.74, 6) is -2.79. The lowest BCUT2D eigenvalue weighted by atomic mass is 9.97. The van der Waals surface area contributed by atoms with Crippen LogP contribution in [0.15, 0.2) is 157 Å². The first-order chi connectivity index (χ1) is 56.6. The zero-order valence-corrected chi connectivity index (χ0v) is 63.2. The number of amides is 4. The van der Waals surface area contributed by atoms with Gasteiger partial charge in [0.15, 0.2) is 5.82 Å². The fraction of sp³-hybridized carbons (Fsp3) is 0.238. The summed E-state index contributed by atoms with van der Waals surface area (Å²) in [6, 6.07) is 35.1. The molecule has 12 aromatic rings. The second-order valence-corrected chi connectivity index (χ2v) is 29.0. The Morgan fingerprint density at radius 3 is 1.40 bits per heavy atom. The molecule has 0 bridgehead atoms. The van der Waals surface area contributed by atoms with Crippen molar-refractivity contribution in [3.63, 3.8) is 0 Å².